The zero-order valence-corrected chi connectivity index (χ0v) is 13.0. The van der Waals surface area contributed by atoms with Gasteiger partial charge < -0.3 is 13.3 Å². The van der Waals surface area contributed by atoms with Crippen molar-refractivity contribution < 1.29 is 13.3 Å². The summed E-state index contributed by atoms with van der Waals surface area (Å²) in [5.74, 6) is 0.563. The predicted octanol–water partition coefficient (Wildman–Crippen LogP) is 3.24. The summed E-state index contributed by atoms with van der Waals surface area (Å²) in [6.45, 7) is 0. The fourth-order valence-electron chi connectivity index (χ4n) is 1.86. The number of halogens is 1. The Kier molecular flexibility index (Phi) is 6.89. The summed E-state index contributed by atoms with van der Waals surface area (Å²) in [6.07, 6.45) is 1.98. The van der Waals surface area contributed by atoms with E-state index in [4.69, 9.17) is 24.9 Å². The molecule has 18 heavy (non-hydrogen) atoms. The molecule has 0 atom stereocenters. The molecule has 3 nitrogen and oxygen atoms in total. The number of aryl methyl sites for hydroxylation is 1. The molecule has 0 aliphatic heterocycles. The van der Waals surface area contributed by atoms with Crippen molar-refractivity contribution in [2.45, 2.75) is 24.8 Å². The molecule has 0 fully saturated rings. The average Bonchev–Trinajstić information content (AvgIpc) is 2.45. The Morgan fingerprint density at radius 3 is 1.89 bits per heavy atom. The van der Waals surface area contributed by atoms with Crippen molar-refractivity contribution in [3.63, 3.8) is 0 Å². The van der Waals surface area contributed by atoms with Gasteiger partial charge in [0.1, 0.15) is 0 Å². The van der Waals surface area contributed by atoms with E-state index in [2.05, 4.69) is 24.3 Å². The molecule has 0 aromatic heterocycles. The molecule has 0 radical (unpaired) electrons. The fourth-order valence-corrected chi connectivity index (χ4v) is 3.76. The molecule has 1 rings (SSSR count). The molecule has 0 N–H and O–H groups in total. The second kappa shape index (κ2) is 7.91. The topological polar surface area (TPSA) is 27.7 Å². The molecule has 102 valence electrons. The predicted molar refractivity (Wildman–Crippen MR) is 75.9 cm³/mol. The standard InChI is InChI=1S/C13H21ClO3Si/c1-15-18(16-2,17-3)10-4-5-12-6-8-13(11-14)9-7-12/h6-9H,4-5,10-11H2,1-3H3. The molecule has 0 aliphatic carbocycles. The number of benzene rings is 1. The van der Waals surface area contributed by atoms with E-state index < -0.39 is 8.80 Å². The first-order chi connectivity index (χ1) is 8.69. The fraction of sp³-hybridized carbons (Fsp3) is 0.538. The lowest BCUT2D eigenvalue weighted by Crippen LogP contribution is -2.42. The van der Waals surface area contributed by atoms with Crippen LogP contribution in [0.25, 0.3) is 0 Å². The van der Waals surface area contributed by atoms with Crippen molar-refractivity contribution in [1.82, 2.24) is 0 Å². The molecule has 0 bridgehead atoms. The van der Waals surface area contributed by atoms with Gasteiger partial charge in [-0.1, -0.05) is 24.3 Å². The Morgan fingerprint density at radius 1 is 0.944 bits per heavy atom. The Labute approximate surface area is 115 Å². The summed E-state index contributed by atoms with van der Waals surface area (Å²) in [6, 6.07) is 9.19. The van der Waals surface area contributed by atoms with Gasteiger partial charge in [0.25, 0.3) is 0 Å². The van der Waals surface area contributed by atoms with Gasteiger partial charge in [-0.15, -0.1) is 11.6 Å². The van der Waals surface area contributed by atoms with E-state index in [0.717, 1.165) is 24.4 Å². The molecule has 0 aliphatic rings. The summed E-state index contributed by atoms with van der Waals surface area (Å²) in [5.41, 5.74) is 2.45. The van der Waals surface area contributed by atoms with Crippen molar-refractivity contribution in [3.05, 3.63) is 35.4 Å². The second-order valence-electron chi connectivity index (χ2n) is 4.10. The first-order valence-corrected chi connectivity index (χ1v) is 8.45. The molecule has 0 heterocycles. The molecule has 0 saturated heterocycles. The van der Waals surface area contributed by atoms with Crippen LogP contribution in [0.2, 0.25) is 6.04 Å². The molecule has 1 aromatic rings. The van der Waals surface area contributed by atoms with Crippen molar-refractivity contribution in [2.75, 3.05) is 21.3 Å². The van der Waals surface area contributed by atoms with Crippen LogP contribution in [0.4, 0.5) is 0 Å². The Balaban J connectivity index is 2.44. The maximum atomic E-state index is 5.76. The minimum absolute atomic E-state index is 0.563. The molecular weight excluding hydrogens is 268 g/mol. The summed E-state index contributed by atoms with van der Waals surface area (Å²) in [4.78, 5) is 0. The van der Waals surface area contributed by atoms with E-state index in [1.807, 2.05) is 0 Å². The average molecular weight is 289 g/mol. The van der Waals surface area contributed by atoms with Crippen LogP contribution in [0, 0.1) is 0 Å². The van der Waals surface area contributed by atoms with E-state index in [1.165, 1.54) is 5.56 Å². The quantitative estimate of drug-likeness (QED) is 0.543. The molecule has 0 amide bonds. The monoisotopic (exact) mass is 288 g/mol. The number of rotatable bonds is 8. The van der Waals surface area contributed by atoms with Crippen molar-refractivity contribution >= 4 is 20.4 Å². The maximum Gasteiger partial charge on any atom is 0.500 e. The van der Waals surface area contributed by atoms with Crippen LogP contribution >= 0.6 is 11.6 Å². The zero-order chi connectivity index (χ0) is 13.4. The highest BCUT2D eigenvalue weighted by molar-refractivity contribution is 6.60. The van der Waals surface area contributed by atoms with Gasteiger partial charge in [-0.25, -0.2) is 0 Å². The van der Waals surface area contributed by atoms with Crippen LogP contribution in [-0.2, 0) is 25.6 Å². The van der Waals surface area contributed by atoms with E-state index in [9.17, 15) is 0 Å². The van der Waals surface area contributed by atoms with Gasteiger partial charge in [0, 0.05) is 33.3 Å². The highest BCUT2D eigenvalue weighted by Gasteiger charge is 2.36. The normalized spacial score (nSPS) is 11.8. The van der Waals surface area contributed by atoms with Crippen LogP contribution in [0.5, 0.6) is 0 Å². The van der Waals surface area contributed by atoms with Crippen LogP contribution in [0.15, 0.2) is 24.3 Å². The minimum Gasteiger partial charge on any atom is -0.377 e. The molecular formula is C13H21ClO3Si. The summed E-state index contributed by atoms with van der Waals surface area (Å²) >= 11 is 5.76. The highest BCUT2D eigenvalue weighted by atomic mass is 35.5. The van der Waals surface area contributed by atoms with Crippen LogP contribution in [-0.4, -0.2) is 30.1 Å². The molecule has 0 spiro atoms. The molecule has 5 heteroatoms. The van der Waals surface area contributed by atoms with Crippen LogP contribution in [0.1, 0.15) is 17.5 Å². The number of hydrogen-bond donors (Lipinski definition) is 0. The first-order valence-electron chi connectivity index (χ1n) is 5.99. The Morgan fingerprint density at radius 2 is 1.44 bits per heavy atom. The van der Waals surface area contributed by atoms with Crippen molar-refractivity contribution in [1.29, 1.82) is 0 Å². The number of hydrogen-bond acceptors (Lipinski definition) is 3. The highest BCUT2D eigenvalue weighted by Crippen LogP contribution is 2.17. The van der Waals surface area contributed by atoms with E-state index in [1.54, 1.807) is 21.3 Å². The largest absolute Gasteiger partial charge is 0.500 e. The van der Waals surface area contributed by atoms with Gasteiger partial charge in [-0.05, 0) is 24.0 Å². The van der Waals surface area contributed by atoms with Gasteiger partial charge in [-0.3, -0.25) is 0 Å². The van der Waals surface area contributed by atoms with E-state index >= 15 is 0 Å². The minimum atomic E-state index is -2.41. The smallest absolute Gasteiger partial charge is 0.377 e. The van der Waals surface area contributed by atoms with Crippen LogP contribution in [0.3, 0.4) is 0 Å². The van der Waals surface area contributed by atoms with E-state index in [0.29, 0.717) is 5.88 Å². The summed E-state index contributed by atoms with van der Waals surface area (Å²) < 4.78 is 16.2. The van der Waals surface area contributed by atoms with Crippen molar-refractivity contribution in [2.24, 2.45) is 0 Å². The van der Waals surface area contributed by atoms with Gasteiger partial charge in [0.2, 0.25) is 0 Å². The lowest BCUT2D eigenvalue weighted by atomic mass is 10.1. The first kappa shape index (κ1) is 15.7. The molecule has 0 saturated carbocycles. The Bertz CT molecular complexity index is 330. The second-order valence-corrected chi connectivity index (χ2v) is 7.46. The Hall–Kier alpha value is -0.393. The SMILES string of the molecule is CO[Si](CCCc1ccc(CCl)cc1)(OC)OC. The van der Waals surface area contributed by atoms with Gasteiger partial charge in [0.05, 0.1) is 0 Å². The third-order valence-electron chi connectivity index (χ3n) is 3.06. The lowest BCUT2D eigenvalue weighted by Gasteiger charge is -2.24. The summed E-state index contributed by atoms with van der Waals surface area (Å²) in [7, 11) is 2.53. The van der Waals surface area contributed by atoms with Gasteiger partial charge in [-0.2, -0.15) is 0 Å². The molecule has 1 aromatic carbocycles. The third-order valence-corrected chi connectivity index (χ3v) is 6.20. The molecule has 0 unspecified atom stereocenters. The number of alkyl halides is 1. The zero-order valence-electron chi connectivity index (χ0n) is 11.2. The van der Waals surface area contributed by atoms with Crippen molar-refractivity contribution in [3.8, 4) is 0 Å². The maximum absolute atomic E-state index is 5.76. The summed E-state index contributed by atoms with van der Waals surface area (Å²) in [5, 5.41) is 0. The van der Waals surface area contributed by atoms with Gasteiger partial charge in [0.15, 0.2) is 0 Å². The van der Waals surface area contributed by atoms with Crippen LogP contribution < -0.4 is 0 Å². The van der Waals surface area contributed by atoms with E-state index in [-0.39, 0.29) is 0 Å². The lowest BCUT2D eigenvalue weighted by molar-refractivity contribution is 0.123. The third kappa shape index (κ3) is 4.37. The van der Waals surface area contributed by atoms with Gasteiger partial charge >= 0.3 is 8.80 Å².